The van der Waals surface area contributed by atoms with Crippen LogP contribution in [0.4, 0.5) is 11.4 Å². The maximum Gasteiger partial charge on any atom is 0.342 e. The van der Waals surface area contributed by atoms with Crippen molar-refractivity contribution in [3.05, 3.63) is 33.9 Å². The van der Waals surface area contributed by atoms with Crippen LogP contribution in [0.3, 0.4) is 0 Å². The lowest BCUT2D eigenvalue weighted by atomic mass is 10.1. The molecule has 0 spiro atoms. The van der Waals surface area contributed by atoms with Crippen LogP contribution in [0.1, 0.15) is 23.7 Å². The molecule has 1 saturated heterocycles. The van der Waals surface area contributed by atoms with Crippen LogP contribution in [-0.2, 0) is 0 Å². The number of hydrogen-bond donors (Lipinski definition) is 1. The lowest BCUT2D eigenvalue weighted by molar-refractivity contribution is -0.385. The largest absolute Gasteiger partial charge is 0.477 e. The van der Waals surface area contributed by atoms with E-state index >= 15 is 0 Å². The van der Waals surface area contributed by atoms with E-state index < -0.39 is 10.9 Å². The Morgan fingerprint density at radius 1 is 1.48 bits per heavy atom. The summed E-state index contributed by atoms with van der Waals surface area (Å²) < 4.78 is 0. The first-order valence-electron chi connectivity index (χ1n) is 6.91. The first kappa shape index (κ1) is 15.2. The van der Waals surface area contributed by atoms with E-state index in [9.17, 15) is 20.0 Å². The van der Waals surface area contributed by atoms with Crippen molar-refractivity contribution in [2.24, 2.45) is 0 Å². The van der Waals surface area contributed by atoms with Gasteiger partial charge in [0, 0.05) is 37.4 Å². The van der Waals surface area contributed by atoms with E-state index in [0.29, 0.717) is 0 Å². The average Bonchev–Trinajstić information content (AvgIpc) is 2.46. The summed E-state index contributed by atoms with van der Waals surface area (Å²) in [5.74, 6) is -1.27. The number of carboxylic acid groups (broad SMARTS) is 1. The fourth-order valence-corrected chi connectivity index (χ4v) is 2.73. The topological polar surface area (TPSA) is 86.9 Å². The highest BCUT2D eigenvalue weighted by molar-refractivity contribution is 5.93. The van der Waals surface area contributed by atoms with E-state index in [1.165, 1.54) is 12.1 Å². The van der Waals surface area contributed by atoms with Crippen LogP contribution in [0.5, 0.6) is 0 Å². The quantitative estimate of drug-likeness (QED) is 0.673. The van der Waals surface area contributed by atoms with Gasteiger partial charge in [0.05, 0.1) is 4.92 Å². The van der Waals surface area contributed by atoms with Crippen LogP contribution in [0, 0.1) is 10.1 Å². The fourth-order valence-electron chi connectivity index (χ4n) is 2.73. The Morgan fingerprint density at radius 3 is 2.76 bits per heavy atom. The third kappa shape index (κ3) is 3.13. The summed E-state index contributed by atoms with van der Waals surface area (Å²) in [6, 6.07) is 4.61. The zero-order chi connectivity index (χ0) is 15.6. The van der Waals surface area contributed by atoms with Gasteiger partial charge in [0.1, 0.15) is 5.56 Å². The monoisotopic (exact) mass is 293 g/mol. The second-order valence-corrected chi connectivity index (χ2v) is 5.28. The normalized spacial score (nSPS) is 19.5. The number of piperazine rings is 1. The van der Waals surface area contributed by atoms with Crippen molar-refractivity contribution in [3.8, 4) is 0 Å². The highest BCUT2D eigenvalue weighted by atomic mass is 16.6. The molecule has 0 aromatic heterocycles. The molecule has 0 unspecified atom stereocenters. The van der Waals surface area contributed by atoms with Gasteiger partial charge in [0.25, 0.3) is 5.69 Å². The third-order valence-corrected chi connectivity index (χ3v) is 3.90. The molecule has 1 atom stereocenters. The molecule has 114 valence electrons. The minimum absolute atomic E-state index is 0.258. The van der Waals surface area contributed by atoms with Crippen molar-refractivity contribution < 1.29 is 14.8 Å². The van der Waals surface area contributed by atoms with Crippen LogP contribution >= 0.6 is 0 Å². The van der Waals surface area contributed by atoms with Gasteiger partial charge in [-0.25, -0.2) is 4.79 Å². The van der Waals surface area contributed by atoms with E-state index in [1.807, 2.05) is 0 Å². The summed E-state index contributed by atoms with van der Waals surface area (Å²) in [5.41, 5.74) is 0.109. The van der Waals surface area contributed by atoms with Gasteiger partial charge in [-0.3, -0.25) is 10.1 Å². The van der Waals surface area contributed by atoms with Crippen LogP contribution in [0.15, 0.2) is 18.2 Å². The number of carbonyl (C=O) groups is 1. The summed E-state index contributed by atoms with van der Waals surface area (Å²) in [5, 5.41) is 20.1. The molecule has 0 aliphatic carbocycles. The molecule has 0 radical (unpaired) electrons. The SMILES string of the molecule is CC[C@H]1CN(C)CCN1c1ccc([N+](=O)[O-])c(C(=O)O)c1. The molecule has 1 aliphatic heterocycles. The molecule has 1 aliphatic rings. The Labute approximate surface area is 122 Å². The van der Waals surface area contributed by atoms with E-state index in [4.69, 9.17) is 0 Å². The Kier molecular flexibility index (Phi) is 4.42. The molecule has 1 N–H and O–H groups in total. The number of aromatic carboxylic acids is 1. The van der Waals surface area contributed by atoms with Crippen LogP contribution in [0.25, 0.3) is 0 Å². The molecule has 0 saturated carbocycles. The van der Waals surface area contributed by atoms with E-state index in [2.05, 4.69) is 23.8 Å². The highest BCUT2D eigenvalue weighted by Gasteiger charge is 2.27. The number of carboxylic acids is 1. The van der Waals surface area contributed by atoms with Gasteiger partial charge in [0.15, 0.2) is 0 Å². The summed E-state index contributed by atoms with van der Waals surface area (Å²) in [7, 11) is 2.05. The van der Waals surface area contributed by atoms with Crippen molar-refractivity contribution >= 4 is 17.3 Å². The highest BCUT2D eigenvalue weighted by Crippen LogP contribution is 2.28. The molecular weight excluding hydrogens is 274 g/mol. The zero-order valence-electron chi connectivity index (χ0n) is 12.2. The molecule has 1 heterocycles. The van der Waals surface area contributed by atoms with Crippen molar-refractivity contribution in [1.82, 2.24) is 4.90 Å². The smallest absolute Gasteiger partial charge is 0.342 e. The fraction of sp³-hybridized carbons (Fsp3) is 0.500. The maximum atomic E-state index is 11.2. The van der Waals surface area contributed by atoms with Crippen molar-refractivity contribution in [3.63, 3.8) is 0 Å². The summed E-state index contributed by atoms with van der Waals surface area (Å²) >= 11 is 0. The number of rotatable bonds is 4. The van der Waals surface area contributed by atoms with E-state index in [0.717, 1.165) is 31.7 Å². The molecule has 21 heavy (non-hydrogen) atoms. The third-order valence-electron chi connectivity index (χ3n) is 3.90. The molecule has 1 aromatic rings. The zero-order valence-corrected chi connectivity index (χ0v) is 12.2. The lowest BCUT2D eigenvalue weighted by Crippen LogP contribution is -2.51. The minimum atomic E-state index is -1.27. The average molecular weight is 293 g/mol. The van der Waals surface area contributed by atoms with Crippen LogP contribution in [0.2, 0.25) is 0 Å². The van der Waals surface area contributed by atoms with E-state index in [-0.39, 0.29) is 17.3 Å². The first-order chi connectivity index (χ1) is 9.93. The standard InChI is InChI=1S/C14H19N3O4/c1-3-10-9-15(2)6-7-16(10)11-4-5-13(17(20)21)12(8-11)14(18)19/h4-5,8,10H,3,6-7,9H2,1-2H3,(H,18,19)/t10-/m0/s1. The Hall–Kier alpha value is -2.15. The Morgan fingerprint density at radius 2 is 2.19 bits per heavy atom. The van der Waals surface area contributed by atoms with Crippen molar-refractivity contribution in [1.29, 1.82) is 0 Å². The second kappa shape index (κ2) is 6.09. The maximum absolute atomic E-state index is 11.2. The van der Waals surface area contributed by atoms with Gasteiger partial charge in [-0.1, -0.05) is 6.92 Å². The number of likely N-dealkylation sites (N-methyl/N-ethyl adjacent to an activating group) is 1. The molecule has 7 nitrogen and oxygen atoms in total. The Bertz CT molecular complexity index is 561. The van der Waals surface area contributed by atoms with Crippen LogP contribution in [-0.4, -0.2) is 53.6 Å². The predicted molar refractivity (Wildman–Crippen MR) is 79.0 cm³/mol. The van der Waals surface area contributed by atoms with Crippen molar-refractivity contribution in [2.45, 2.75) is 19.4 Å². The molecule has 7 heteroatoms. The summed E-state index contributed by atoms with van der Waals surface area (Å²) in [6.07, 6.45) is 0.934. The number of nitrogens with zero attached hydrogens (tertiary/aromatic N) is 3. The molecule has 0 amide bonds. The molecular formula is C14H19N3O4. The minimum Gasteiger partial charge on any atom is -0.477 e. The van der Waals surface area contributed by atoms with Crippen LogP contribution < -0.4 is 4.90 Å². The Balaban J connectivity index is 2.38. The van der Waals surface area contributed by atoms with Crippen molar-refractivity contribution in [2.75, 3.05) is 31.6 Å². The molecule has 0 bridgehead atoms. The van der Waals surface area contributed by atoms with E-state index in [1.54, 1.807) is 6.07 Å². The number of nitro groups is 1. The number of hydrogen-bond acceptors (Lipinski definition) is 5. The number of anilines is 1. The van der Waals surface area contributed by atoms with Gasteiger partial charge >= 0.3 is 5.97 Å². The van der Waals surface area contributed by atoms with Gasteiger partial charge in [-0.05, 0) is 25.6 Å². The van der Waals surface area contributed by atoms with Gasteiger partial charge in [-0.15, -0.1) is 0 Å². The van der Waals surface area contributed by atoms with Gasteiger partial charge in [0.2, 0.25) is 0 Å². The number of benzene rings is 1. The first-order valence-corrected chi connectivity index (χ1v) is 6.91. The lowest BCUT2D eigenvalue weighted by Gasteiger charge is -2.41. The summed E-state index contributed by atoms with van der Waals surface area (Å²) in [4.78, 5) is 25.8. The van der Waals surface area contributed by atoms with Gasteiger partial charge < -0.3 is 14.9 Å². The molecule has 2 rings (SSSR count). The molecule has 1 fully saturated rings. The second-order valence-electron chi connectivity index (χ2n) is 5.28. The predicted octanol–water partition coefficient (Wildman–Crippen LogP) is 1.82. The number of nitro benzene ring substituents is 1. The molecule has 1 aromatic carbocycles. The van der Waals surface area contributed by atoms with Gasteiger partial charge in [-0.2, -0.15) is 0 Å². The summed E-state index contributed by atoms with van der Waals surface area (Å²) in [6.45, 7) is 4.65.